The zero-order chi connectivity index (χ0) is 23.6. The van der Waals surface area contributed by atoms with Gasteiger partial charge in [-0.15, -0.1) is 0 Å². The number of rotatable bonds is 11. The minimum atomic E-state index is -0.129. The first kappa shape index (κ1) is 24.3. The Hall–Kier alpha value is -3.38. The summed E-state index contributed by atoms with van der Waals surface area (Å²) in [6, 6.07) is 21.4. The van der Waals surface area contributed by atoms with E-state index in [2.05, 4.69) is 0 Å². The Bertz CT molecular complexity index is 1050. The fourth-order valence-electron chi connectivity index (χ4n) is 3.79. The molecular formula is C27H33N3O3. The van der Waals surface area contributed by atoms with E-state index in [4.69, 9.17) is 4.74 Å². The molecule has 1 aromatic heterocycles. The van der Waals surface area contributed by atoms with E-state index in [1.54, 1.807) is 12.0 Å². The van der Waals surface area contributed by atoms with Crippen LogP contribution in [-0.4, -0.2) is 53.0 Å². The smallest absolute Gasteiger partial charge is 0.254 e. The molecule has 2 amide bonds. The molecule has 6 nitrogen and oxygen atoms in total. The molecule has 3 rings (SSSR count). The quantitative estimate of drug-likeness (QED) is 0.417. The average Bonchev–Trinajstić information content (AvgIpc) is 3.23. The Kier molecular flexibility index (Phi) is 8.84. The molecule has 174 valence electrons. The van der Waals surface area contributed by atoms with Crippen molar-refractivity contribution in [3.63, 3.8) is 0 Å². The number of carbonyl (C=O) groups excluding carboxylic acids is 2. The maximum absolute atomic E-state index is 13.5. The molecular weight excluding hydrogens is 414 g/mol. The lowest BCUT2D eigenvalue weighted by Gasteiger charge is -2.28. The number of aryl methyl sites for hydroxylation is 2. The van der Waals surface area contributed by atoms with E-state index in [0.29, 0.717) is 38.2 Å². The molecule has 0 aliphatic heterocycles. The first-order valence-corrected chi connectivity index (χ1v) is 11.3. The van der Waals surface area contributed by atoms with Crippen LogP contribution >= 0.6 is 0 Å². The largest absolute Gasteiger partial charge is 0.385 e. The van der Waals surface area contributed by atoms with Crippen molar-refractivity contribution in [3.05, 3.63) is 95.3 Å². The van der Waals surface area contributed by atoms with E-state index in [1.807, 2.05) is 96.4 Å². The lowest BCUT2D eigenvalue weighted by molar-refractivity contribution is -0.133. The highest BCUT2D eigenvalue weighted by molar-refractivity contribution is 5.97. The van der Waals surface area contributed by atoms with Gasteiger partial charge >= 0.3 is 0 Å². The molecule has 0 N–H and O–H groups in total. The molecule has 0 fully saturated rings. The second kappa shape index (κ2) is 12.0. The summed E-state index contributed by atoms with van der Waals surface area (Å²) >= 11 is 0. The van der Waals surface area contributed by atoms with Crippen LogP contribution in [0.2, 0.25) is 0 Å². The summed E-state index contributed by atoms with van der Waals surface area (Å²) in [6.45, 7) is 3.88. The predicted octanol–water partition coefficient (Wildman–Crippen LogP) is 4.04. The molecule has 0 saturated carbocycles. The first-order valence-electron chi connectivity index (χ1n) is 11.3. The van der Waals surface area contributed by atoms with Crippen LogP contribution in [0.25, 0.3) is 0 Å². The molecule has 0 spiro atoms. The summed E-state index contributed by atoms with van der Waals surface area (Å²) in [7, 11) is 3.61. The minimum absolute atomic E-state index is 0.0220. The van der Waals surface area contributed by atoms with Crippen LogP contribution < -0.4 is 0 Å². The van der Waals surface area contributed by atoms with E-state index in [-0.39, 0.29) is 18.4 Å². The van der Waals surface area contributed by atoms with Gasteiger partial charge in [-0.2, -0.15) is 0 Å². The standard InChI is InChI=1S/C27H33N3O3/c1-22-11-7-8-15-25(22)27(32)29(17-10-18-33-3)21-26(31)30(19-23-12-5-4-6-13-23)20-24-14-9-16-28(24)2/h4-9,11-16H,10,17-21H2,1-3H3. The van der Waals surface area contributed by atoms with Gasteiger partial charge in [-0.25, -0.2) is 0 Å². The van der Waals surface area contributed by atoms with Crippen molar-refractivity contribution in [2.45, 2.75) is 26.4 Å². The number of hydrogen-bond acceptors (Lipinski definition) is 3. The molecule has 1 heterocycles. The third kappa shape index (κ3) is 6.80. The number of nitrogens with zero attached hydrogens (tertiary/aromatic N) is 3. The third-order valence-corrected chi connectivity index (χ3v) is 5.74. The van der Waals surface area contributed by atoms with E-state index >= 15 is 0 Å². The van der Waals surface area contributed by atoms with Crippen molar-refractivity contribution in [3.8, 4) is 0 Å². The van der Waals surface area contributed by atoms with Crippen molar-refractivity contribution in [1.82, 2.24) is 14.4 Å². The number of ether oxygens (including phenoxy) is 1. The van der Waals surface area contributed by atoms with Crippen LogP contribution in [0.5, 0.6) is 0 Å². The van der Waals surface area contributed by atoms with Gasteiger partial charge < -0.3 is 19.1 Å². The van der Waals surface area contributed by atoms with Crippen LogP contribution in [-0.2, 0) is 29.7 Å². The monoisotopic (exact) mass is 447 g/mol. The summed E-state index contributed by atoms with van der Waals surface area (Å²) in [5.41, 5.74) is 3.61. The van der Waals surface area contributed by atoms with Crippen molar-refractivity contribution in [2.75, 3.05) is 26.8 Å². The minimum Gasteiger partial charge on any atom is -0.385 e. The molecule has 0 bridgehead atoms. The summed E-state index contributed by atoms with van der Waals surface area (Å²) in [5.74, 6) is -0.213. The highest BCUT2D eigenvalue weighted by Gasteiger charge is 2.24. The zero-order valence-corrected chi connectivity index (χ0v) is 19.7. The zero-order valence-electron chi connectivity index (χ0n) is 19.7. The summed E-state index contributed by atoms with van der Waals surface area (Å²) in [6.07, 6.45) is 2.64. The van der Waals surface area contributed by atoms with Gasteiger partial charge in [-0.1, -0.05) is 48.5 Å². The summed E-state index contributed by atoms with van der Waals surface area (Å²) in [5, 5.41) is 0. The average molecular weight is 448 g/mol. The van der Waals surface area contributed by atoms with Gasteiger partial charge in [0.1, 0.15) is 6.54 Å². The number of amides is 2. The predicted molar refractivity (Wildman–Crippen MR) is 130 cm³/mol. The molecule has 0 saturated heterocycles. The lowest BCUT2D eigenvalue weighted by atomic mass is 10.1. The topological polar surface area (TPSA) is 54.8 Å². The van der Waals surface area contributed by atoms with Gasteiger partial charge in [0.15, 0.2) is 0 Å². The van der Waals surface area contributed by atoms with E-state index < -0.39 is 0 Å². The summed E-state index contributed by atoms with van der Waals surface area (Å²) < 4.78 is 7.19. The Morgan fingerprint density at radius 1 is 0.909 bits per heavy atom. The van der Waals surface area contributed by atoms with Crippen LogP contribution in [0, 0.1) is 6.92 Å². The van der Waals surface area contributed by atoms with Crippen LogP contribution in [0.3, 0.4) is 0 Å². The second-order valence-corrected chi connectivity index (χ2v) is 8.23. The molecule has 0 aliphatic carbocycles. The SMILES string of the molecule is COCCCN(CC(=O)N(Cc1ccccc1)Cc1cccn1C)C(=O)c1ccccc1C. The number of methoxy groups -OCH3 is 1. The van der Waals surface area contributed by atoms with Gasteiger partial charge in [0.25, 0.3) is 5.91 Å². The second-order valence-electron chi connectivity index (χ2n) is 8.23. The molecule has 0 radical (unpaired) electrons. The molecule has 3 aromatic rings. The van der Waals surface area contributed by atoms with Crippen molar-refractivity contribution in [2.24, 2.45) is 7.05 Å². The normalized spacial score (nSPS) is 10.8. The molecule has 0 aliphatic rings. The maximum atomic E-state index is 13.5. The van der Waals surface area contributed by atoms with Crippen LogP contribution in [0.15, 0.2) is 72.9 Å². The van der Waals surface area contributed by atoms with Crippen LogP contribution in [0.1, 0.15) is 33.6 Å². The van der Waals surface area contributed by atoms with Gasteiger partial charge in [-0.3, -0.25) is 9.59 Å². The number of benzene rings is 2. The molecule has 2 aromatic carbocycles. The Morgan fingerprint density at radius 2 is 1.64 bits per heavy atom. The Labute approximate surface area is 196 Å². The van der Waals surface area contributed by atoms with Crippen LogP contribution in [0.4, 0.5) is 0 Å². The third-order valence-electron chi connectivity index (χ3n) is 5.74. The number of carbonyl (C=O) groups is 2. The van der Waals surface area contributed by atoms with Crippen molar-refractivity contribution >= 4 is 11.8 Å². The Morgan fingerprint density at radius 3 is 2.30 bits per heavy atom. The fourth-order valence-corrected chi connectivity index (χ4v) is 3.79. The Balaban J connectivity index is 1.82. The lowest BCUT2D eigenvalue weighted by Crippen LogP contribution is -2.43. The van der Waals surface area contributed by atoms with Crippen molar-refractivity contribution < 1.29 is 14.3 Å². The first-order chi connectivity index (χ1) is 16.0. The molecule has 6 heteroatoms. The molecule has 33 heavy (non-hydrogen) atoms. The van der Waals surface area contributed by atoms with Gasteiger partial charge in [-0.05, 0) is 42.7 Å². The maximum Gasteiger partial charge on any atom is 0.254 e. The van der Waals surface area contributed by atoms with Gasteiger partial charge in [0.05, 0.1) is 6.54 Å². The van der Waals surface area contributed by atoms with Gasteiger partial charge in [0.2, 0.25) is 5.91 Å². The number of hydrogen-bond donors (Lipinski definition) is 0. The fraction of sp³-hybridized carbons (Fsp3) is 0.333. The molecule has 0 atom stereocenters. The highest BCUT2D eigenvalue weighted by atomic mass is 16.5. The molecule has 0 unspecified atom stereocenters. The number of aromatic nitrogens is 1. The highest BCUT2D eigenvalue weighted by Crippen LogP contribution is 2.15. The van der Waals surface area contributed by atoms with Crippen molar-refractivity contribution in [1.29, 1.82) is 0 Å². The van der Waals surface area contributed by atoms with E-state index in [0.717, 1.165) is 16.8 Å². The van der Waals surface area contributed by atoms with E-state index in [9.17, 15) is 9.59 Å². The van der Waals surface area contributed by atoms with E-state index in [1.165, 1.54) is 0 Å². The van der Waals surface area contributed by atoms with Gasteiger partial charge in [0, 0.05) is 51.3 Å². The summed E-state index contributed by atoms with van der Waals surface area (Å²) in [4.78, 5) is 30.4.